The second-order valence-electron chi connectivity index (χ2n) is 5.95. The molecule has 2 amide bonds. The van der Waals surface area contributed by atoms with Crippen molar-refractivity contribution in [2.45, 2.75) is 17.4 Å². The van der Waals surface area contributed by atoms with Crippen LogP contribution in [0.15, 0.2) is 53.0 Å². The van der Waals surface area contributed by atoms with Crippen LogP contribution in [0.2, 0.25) is 0 Å². The molecule has 1 saturated heterocycles. The van der Waals surface area contributed by atoms with Crippen LogP contribution in [0, 0.1) is 0 Å². The highest BCUT2D eigenvalue weighted by atomic mass is 79.9. The zero-order valence-electron chi connectivity index (χ0n) is 12.8. The molecule has 24 heavy (non-hydrogen) atoms. The number of carbonyl (C=O) groups is 2. The summed E-state index contributed by atoms with van der Waals surface area (Å²) >= 11 is 10.3. The Balaban J connectivity index is 1.93. The molecular formula is C18H13BrClNO3. The molecule has 2 aliphatic heterocycles. The molecule has 0 unspecified atom stereocenters. The summed E-state index contributed by atoms with van der Waals surface area (Å²) in [7, 11) is 0. The van der Waals surface area contributed by atoms with Crippen molar-refractivity contribution in [3.8, 4) is 0 Å². The van der Waals surface area contributed by atoms with Gasteiger partial charge in [0.2, 0.25) is 5.91 Å². The first kappa shape index (κ1) is 15.8. The molecule has 0 bridgehead atoms. The Bertz CT molecular complexity index is 869. The van der Waals surface area contributed by atoms with Gasteiger partial charge in [-0.25, -0.2) is 4.90 Å². The Morgan fingerprint density at radius 3 is 2.46 bits per heavy atom. The molecule has 122 valence electrons. The summed E-state index contributed by atoms with van der Waals surface area (Å²) in [6.07, 6.45) is 0. The van der Waals surface area contributed by atoms with Crippen LogP contribution in [0.3, 0.4) is 0 Å². The minimum atomic E-state index is -1.37. The van der Waals surface area contributed by atoms with E-state index >= 15 is 0 Å². The zero-order chi connectivity index (χ0) is 17.1. The molecule has 0 radical (unpaired) electrons. The molecule has 2 atom stereocenters. The molecule has 2 heterocycles. The molecule has 4 nitrogen and oxygen atoms in total. The van der Waals surface area contributed by atoms with Crippen LogP contribution in [-0.4, -0.2) is 18.4 Å². The number of ether oxygens (including phenoxy) is 1. The van der Waals surface area contributed by atoms with Gasteiger partial charge in [-0.15, -0.1) is 11.6 Å². The van der Waals surface area contributed by atoms with Gasteiger partial charge in [-0.1, -0.05) is 46.3 Å². The number of halogens is 2. The maximum absolute atomic E-state index is 13.2. The number of para-hydroxylation sites is 1. The third-order valence-electron chi connectivity index (χ3n) is 4.69. The van der Waals surface area contributed by atoms with Crippen LogP contribution in [0.5, 0.6) is 0 Å². The van der Waals surface area contributed by atoms with Gasteiger partial charge >= 0.3 is 0 Å². The number of anilines is 1. The van der Waals surface area contributed by atoms with Gasteiger partial charge in [-0.05, 0) is 23.8 Å². The smallest absolute Gasteiger partial charge is 0.273 e. The third-order valence-corrected chi connectivity index (χ3v) is 5.81. The van der Waals surface area contributed by atoms with Crippen LogP contribution in [0.1, 0.15) is 18.1 Å². The molecule has 0 saturated carbocycles. The van der Waals surface area contributed by atoms with Crippen molar-refractivity contribution in [1.29, 1.82) is 0 Å². The van der Waals surface area contributed by atoms with Crippen molar-refractivity contribution in [1.82, 2.24) is 0 Å². The Morgan fingerprint density at radius 1 is 1.21 bits per heavy atom. The van der Waals surface area contributed by atoms with Crippen LogP contribution in [0.4, 0.5) is 5.69 Å². The Morgan fingerprint density at radius 2 is 1.88 bits per heavy atom. The predicted molar refractivity (Wildman–Crippen MR) is 93.9 cm³/mol. The number of rotatable bonds is 1. The highest BCUT2D eigenvalue weighted by molar-refractivity contribution is 9.10. The molecule has 2 aromatic carbocycles. The van der Waals surface area contributed by atoms with E-state index in [0.717, 1.165) is 14.9 Å². The molecule has 1 spiro atoms. The number of carbonyl (C=O) groups excluding carboxylic acids is 2. The topological polar surface area (TPSA) is 46.6 Å². The molecular weight excluding hydrogens is 394 g/mol. The maximum atomic E-state index is 13.2. The van der Waals surface area contributed by atoms with Gasteiger partial charge in [0.15, 0.2) is 5.60 Å². The first-order valence-electron chi connectivity index (χ1n) is 7.45. The minimum absolute atomic E-state index is 0.196. The zero-order valence-corrected chi connectivity index (χ0v) is 15.1. The predicted octanol–water partition coefficient (Wildman–Crippen LogP) is 3.70. The average molecular weight is 407 g/mol. The van der Waals surface area contributed by atoms with E-state index in [-0.39, 0.29) is 12.5 Å². The van der Waals surface area contributed by atoms with E-state index in [2.05, 4.69) is 15.9 Å². The highest BCUT2D eigenvalue weighted by Gasteiger charge is 2.72. The van der Waals surface area contributed by atoms with Crippen molar-refractivity contribution in [2.24, 2.45) is 0 Å². The van der Waals surface area contributed by atoms with Gasteiger partial charge in [0, 0.05) is 17.0 Å². The number of imide groups is 1. The van der Waals surface area contributed by atoms with Crippen LogP contribution >= 0.6 is 27.5 Å². The number of hydrogen-bond acceptors (Lipinski definition) is 3. The van der Waals surface area contributed by atoms with Crippen molar-refractivity contribution < 1.29 is 14.3 Å². The van der Waals surface area contributed by atoms with Crippen molar-refractivity contribution in [3.63, 3.8) is 0 Å². The van der Waals surface area contributed by atoms with E-state index < -0.39 is 16.4 Å². The Labute approximate surface area is 152 Å². The standard InChI is InChI=1S/C18H13BrClNO3/c1-11(22)21-15-5-3-2-4-14(15)18(16(21)23)17(20,10-24-18)12-6-8-13(19)9-7-12/h2-9H,10H2,1H3/t17-,18-/m0/s1. The van der Waals surface area contributed by atoms with Crippen LogP contribution in [-0.2, 0) is 24.8 Å². The van der Waals surface area contributed by atoms with Gasteiger partial charge in [0.1, 0.15) is 4.87 Å². The van der Waals surface area contributed by atoms with Gasteiger partial charge in [0.05, 0.1) is 12.3 Å². The van der Waals surface area contributed by atoms with E-state index in [4.69, 9.17) is 16.3 Å². The lowest BCUT2D eigenvalue weighted by atomic mass is 9.73. The van der Waals surface area contributed by atoms with E-state index in [0.29, 0.717) is 11.3 Å². The fraction of sp³-hybridized carbons (Fsp3) is 0.222. The number of fused-ring (bicyclic) bond motifs is 2. The minimum Gasteiger partial charge on any atom is -0.356 e. The number of benzene rings is 2. The van der Waals surface area contributed by atoms with Gasteiger partial charge in [-0.2, -0.15) is 0 Å². The summed E-state index contributed by atoms with van der Waals surface area (Å²) in [5.41, 5.74) is 0.586. The van der Waals surface area contributed by atoms with E-state index in [1.807, 2.05) is 30.3 Å². The summed E-state index contributed by atoms with van der Waals surface area (Å²) in [4.78, 5) is 25.3. The van der Waals surface area contributed by atoms with Crippen molar-refractivity contribution >= 4 is 45.0 Å². The first-order chi connectivity index (χ1) is 11.4. The molecule has 0 N–H and O–H groups in total. The second-order valence-corrected chi connectivity index (χ2v) is 7.52. The van der Waals surface area contributed by atoms with E-state index in [1.165, 1.54) is 6.92 Å². The van der Waals surface area contributed by atoms with Crippen molar-refractivity contribution in [3.05, 3.63) is 64.1 Å². The number of alkyl halides is 1. The largest absolute Gasteiger partial charge is 0.356 e. The van der Waals surface area contributed by atoms with Crippen molar-refractivity contribution in [2.75, 3.05) is 11.5 Å². The quantitative estimate of drug-likeness (QED) is 0.679. The monoisotopic (exact) mass is 405 g/mol. The summed E-state index contributed by atoms with van der Waals surface area (Å²) in [5.74, 6) is -0.782. The fourth-order valence-electron chi connectivity index (χ4n) is 3.53. The van der Waals surface area contributed by atoms with E-state index in [1.54, 1.807) is 18.2 Å². The normalized spacial score (nSPS) is 28.0. The molecule has 2 aliphatic rings. The molecule has 6 heteroatoms. The molecule has 4 rings (SSSR count). The first-order valence-corrected chi connectivity index (χ1v) is 8.62. The van der Waals surface area contributed by atoms with Crippen LogP contribution < -0.4 is 4.90 Å². The number of nitrogens with zero attached hydrogens (tertiary/aromatic N) is 1. The lowest BCUT2D eigenvalue weighted by Gasteiger charge is -2.52. The Kier molecular flexibility index (Phi) is 3.39. The molecule has 0 aliphatic carbocycles. The lowest BCUT2D eigenvalue weighted by Crippen LogP contribution is -2.65. The van der Waals surface area contributed by atoms with Gasteiger partial charge in [0.25, 0.3) is 5.91 Å². The fourth-order valence-corrected chi connectivity index (χ4v) is 4.21. The van der Waals surface area contributed by atoms with E-state index in [9.17, 15) is 9.59 Å². The summed E-state index contributed by atoms with van der Waals surface area (Å²) < 4.78 is 6.73. The lowest BCUT2D eigenvalue weighted by molar-refractivity contribution is -0.198. The second kappa shape index (κ2) is 5.15. The number of amides is 2. The summed E-state index contributed by atoms with van der Waals surface area (Å²) in [6.45, 7) is 1.56. The maximum Gasteiger partial charge on any atom is 0.273 e. The summed E-state index contributed by atoms with van der Waals surface area (Å²) in [5, 5.41) is 0. The van der Waals surface area contributed by atoms with Crippen LogP contribution in [0.25, 0.3) is 0 Å². The van der Waals surface area contributed by atoms with Gasteiger partial charge in [-0.3, -0.25) is 9.59 Å². The number of hydrogen-bond donors (Lipinski definition) is 0. The van der Waals surface area contributed by atoms with Gasteiger partial charge < -0.3 is 4.74 Å². The Hall–Kier alpha value is -1.69. The molecule has 0 aromatic heterocycles. The SMILES string of the molecule is CC(=O)N1C(=O)[C@@]2(OC[C@]2(Cl)c2ccc(Br)cc2)c2ccccc21. The highest BCUT2D eigenvalue weighted by Crippen LogP contribution is 2.62. The molecule has 2 aromatic rings. The molecule has 1 fully saturated rings. The summed E-state index contributed by atoms with van der Waals surface area (Å²) in [6, 6.07) is 14.6. The average Bonchev–Trinajstić information content (AvgIpc) is 2.84. The third kappa shape index (κ3) is 1.78.